The van der Waals surface area contributed by atoms with Crippen LogP contribution in [-0.4, -0.2) is 20.2 Å². The first-order valence-corrected chi connectivity index (χ1v) is 6.68. The maximum atomic E-state index is 13.7. The summed E-state index contributed by atoms with van der Waals surface area (Å²) >= 11 is 0. The van der Waals surface area contributed by atoms with Gasteiger partial charge in [-0.2, -0.15) is 0 Å². The van der Waals surface area contributed by atoms with E-state index in [9.17, 15) is 8.78 Å². The molecule has 2 rings (SSSR count). The standard InChI is InChI=1S/C15H21F2NO/c1-10-6-12(8-11-4-5-18-9-11)14(19-3)13(7-10)15(2,16)17/h6-7,11,18H,4-5,8-9H2,1-3H3. The van der Waals surface area contributed by atoms with Gasteiger partial charge in [0, 0.05) is 6.92 Å². The van der Waals surface area contributed by atoms with Gasteiger partial charge in [0.05, 0.1) is 12.7 Å². The zero-order chi connectivity index (χ0) is 14.0. The summed E-state index contributed by atoms with van der Waals surface area (Å²) in [5.74, 6) is -2.01. The van der Waals surface area contributed by atoms with E-state index in [2.05, 4.69) is 5.32 Å². The summed E-state index contributed by atoms with van der Waals surface area (Å²) in [7, 11) is 1.47. The lowest BCUT2D eigenvalue weighted by atomic mass is 9.93. The predicted molar refractivity (Wildman–Crippen MR) is 72.0 cm³/mol. The van der Waals surface area contributed by atoms with Crippen molar-refractivity contribution in [3.05, 3.63) is 28.8 Å². The average Bonchev–Trinajstić information content (AvgIpc) is 2.80. The minimum Gasteiger partial charge on any atom is -0.496 e. The van der Waals surface area contributed by atoms with Gasteiger partial charge in [0.1, 0.15) is 5.75 Å². The number of benzene rings is 1. The van der Waals surface area contributed by atoms with E-state index < -0.39 is 5.92 Å². The Hall–Kier alpha value is -1.16. The Morgan fingerprint density at radius 3 is 2.68 bits per heavy atom. The largest absolute Gasteiger partial charge is 0.496 e. The molecular formula is C15H21F2NO. The molecule has 0 aromatic heterocycles. The van der Waals surface area contributed by atoms with E-state index >= 15 is 0 Å². The van der Waals surface area contributed by atoms with Gasteiger partial charge in [-0.3, -0.25) is 0 Å². The molecule has 106 valence electrons. The van der Waals surface area contributed by atoms with Gasteiger partial charge in [-0.1, -0.05) is 11.6 Å². The van der Waals surface area contributed by atoms with Crippen LogP contribution in [0.4, 0.5) is 8.78 Å². The quantitative estimate of drug-likeness (QED) is 0.906. The van der Waals surface area contributed by atoms with Crippen LogP contribution in [0.1, 0.15) is 30.0 Å². The fraction of sp³-hybridized carbons (Fsp3) is 0.600. The fourth-order valence-corrected chi connectivity index (χ4v) is 2.77. The van der Waals surface area contributed by atoms with Crippen molar-refractivity contribution in [2.75, 3.05) is 20.2 Å². The van der Waals surface area contributed by atoms with Crippen LogP contribution < -0.4 is 10.1 Å². The number of halogens is 2. The SMILES string of the molecule is COc1c(CC2CCNC2)cc(C)cc1C(C)(F)F. The number of nitrogens with one attached hydrogen (secondary N) is 1. The molecular weight excluding hydrogens is 248 g/mol. The van der Waals surface area contributed by atoms with E-state index in [0.717, 1.165) is 44.0 Å². The number of hydrogen-bond donors (Lipinski definition) is 1. The summed E-state index contributed by atoms with van der Waals surface area (Å²) in [6.45, 7) is 4.74. The molecule has 0 saturated carbocycles. The van der Waals surface area contributed by atoms with Crippen LogP contribution >= 0.6 is 0 Å². The number of aryl methyl sites for hydroxylation is 1. The van der Waals surface area contributed by atoms with E-state index in [1.165, 1.54) is 13.2 Å². The molecule has 0 bridgehead atoms. The third-order valence-electron chi connectivity index (χ3n) is 3.66. The summed E-state index contributed by atoms with van der Waals surface area (Å²) in [6, 6.07) is 3.49. The summed E-state index contributed by atoms with van der Waals surface area (Å²) < 4.78 is 32.6. The Balaban J connectivity index is 2.38. The highest BCUT2D eigenvalue weighted by Crippen LogP contribution is 2.38. The van der Waals surface area contributed by atoms with Gasteiger partial charge in [-0.05, 0) is 50.4 Å². The molecule has 0 amide bonds. The van der Waals surface area contributed by atoms with Crippen molar-refractivity contribution in [3.8, 4) is 5.75 Å². The number of alkyl halides is 2. The maximum absolute atomic E-state index is 13.7. The van der Waals surface area contributed by atoms with Crippen molar-refractivity contribution in [1.82, 2.24) is 5.32 Å². The Morgan fingerprint density at radius 2 is 2.16 bits per heavy atom. The fourth-order valence-electron chi connectivity index (χ4n) is 2.77. The second-order valence-electron chi connectivity index (χ2n) is 5.46. The molecule has 1 aromatic rings. The first kappa shape index (κ1) is 14.3. The van der Waals surface area contributed by atoms with E-state index in [0.29, 0.717) is 11.7 Å². The lowest BCUT2D eigenvalue weighted by Crippen LogP contribution is -2.14. The molecule has 2 nitrogen and oxygen atoms in total. The third-order valence-corrected chi connectivity index (χ3v) is 3.66. The van der Waals surface area contributed by atoms with E-state index in [1.807, 2.05) is 13.0 Å². The number of rotatable bonds is 4. The number of ether oxygens (including phenoxy) is 1. The zero-order valence-corrected chi connectivity index (χ0v) is 11.7. The normalized spacial score (nSPS) is 19.7. The van der Waals surface area contributed by atoms with Gasteiger partial charge < -0.3 is 10.1 Å². The third kappa shape index (κ3) is 3.24. The number of methoxy groups -OCH3 is 1. The molecule has 0 radical (unpaired) electrons. The highest BCUT2D eigenvalue weighted by atomic mass is 19.3. The van der Waals surface area contributed by atoms with Crippen molar-refractivity contribution >= 4 is 0 Å². The average molecular weight is 269 g/mol. The van der Waals surface area contributed by atoms with Crippen molar-refractivity contribution < 1.29 is 13.5 Å². The van der Waals surface area contributed by atoms with Gasteiger partial charge in [-0.25, -0.2) is 8.78 Å². The smallest absolute Gasteiger partial charge is 0.274 e. The number of hydrogen-bond acceptors (Lipinski definition) is 2. The molecule has 0 aliphatic carbocycles. The molecule has 1 fully saturated rings. The summed E-state index contributed by atoms with van der Waals surface area (Å²) in [5, 5.41) is 3.30. The molecule has 1 atom stereocenters. The van der Waals surface area contributed by atoms with Gasteiger partial charge >= 0.3 is 0 Å². The topological polar surface area (TPSA) is 21.3 Å². The highest BCUT2D eigenvalue weighted by Gasteiger charge is 2.31. The molecule has 1 N–H and O–H groups in total. The lowest BCUT2D eigenvalue weighted by Gasteiger charge is -2.20. The predicted octanol–water partition coefficient (Wildman–Crippen LogP) is 3.27. The van der Waals surface area contributed by atoms with Crippen LogP contribution in [0, 0.1) is 12.8 Å². The van der Waals surface area contributed by atoms with Crippen LogP contribution in [-0.2, 0) is 12.3 Å². The van der Waals surface area contributed by atoms with Crippen LogP contribution in [0.3, 0.4) is 0 Å². The summed E-state index contributed by atoms with van der Waals surface area (Å²) in [6.07, 6.45) is 1.88. The second-order valence-corrected chi connectivity index (χ2v) is 5.46. The van der Waals surface area contributed by atoms with Crippen LogP contribution in [0.5, 0.6) is 5.75 Å². The van der Waals surface area contributed by atoms with E-state index in [-0.39, 0.29) is 5.56 Å². The van der Waals surface area contributed by atoms with Crippen LogP contribution in [0.2, 0.25) is 0 Å². The van der Waals surface area contributed by atoms with Gasteiger partial charge in [-0.15, -0.1) is 0 Å². The molecule has 4 heteroatoms. The molecule has 19 heavy (non-hydrogen) atoms. The first-order valence-electron chi connectivity index (χ1n) is 6.68. The van der Waals surface area contributed by atoms with Crippen molar-refractivity contribution in [1.29, 1.82) is 0 Å². The molecule has 1 saturated heterocycles. The Bertz CT molecular complexity index is 448. The van der Waals surface area contributed by atoms with Gasteiger partial charge in [0.2, 0.25) is 0 Å². The van der Waals surface area contributed by atoms with E-state index in [1.54, 1.807) is 0 Å². The monoisotopic (exact) mass is 269 g/mol. The summed E-state index contributed by atoms with van der Waals surface area (Å²) in [4.78, 5) is 0. The van der Waals surface area contributed by atoms with Gasteiger partial charge in [0.15, 0.2) is 0 Å². The molecule has 1 aliphatic rings. The van der Waals surface area contributed by atoms with Gasteiger partial charge in [0.25, 0.3) is 5.92 Å². The maximum Gasteiger partial charge on any atom is 0.274 e. The van der Waals surface area contributed by atoms with Crippen molar-refractivity contribution in [3.63, 3.8) is 0 Å². The molecule has 1 unspecified atom stereocenters. The zero-order valence-electron chi connectivity index (χ0n) is 11.7. The Kier molecular flexibility index (Phi) is 4.09. The van der Waals surface area contributed by atoms with Crippen LogP contribution in [0.15, 0.2) is 12.1 Å². The molecule has 0 spiro atoms. The minimum atomic E-state index is -2.87. The summed E-state index contributed by atoms with van der Waals surface area (Å²) in [5.41, 5.74) is 1.75. The molecule has 1 aromatic carbocycles. The highest BCUT2D eigenvalue weighted by molar-refractivity contribution is 5.47. The van der Waals surface area contributed by atoms with E-state index in [4.69, 9.17) is 4.74 Å². The molecule has 1 heterocycles. The van der Waals surface area contributed by atoms with Crippen LogP contribution in [0.25, 0.3) is 0 Å². The lowest BCUT2D eigenvalue weighted by molar-refractivity contribution is 0.0148. The minimum absolute atomic E-state index is 0.00374. The van der Waals surface area contributed by atoms with Crippen molar-refractivity contribution in [2.45, 2.75) is 32.6 Å². The Morgan fingerprint density at radius 1 is 1.42 bits per heavy atom. The molecule has 1 aliphatic heterocycles. The second kappa shape index (κ2) is 5.45. The van der Waals surface area contributed by atoms with Crippen molar-refractivity contribution in [2.24, 2.45) is 5.92 Å². The first-order chi connectivity index (χ1) is 8.91. The Labute approximate surface area is 113 Å².